The first-order valence-corrected chi connectivity index (χ1v) is 6.55. The molecule has 0 bridgehead atoms. The van der Waals surface area contributed by atoms with Gasteiger partial charge in [-0.1, -0.05) is 13.0 Å². The summed E-state index contributed by atoms with van der Waals surface area (Å²) in [6.07, 6.45) is 2.07. The number of nitrogens with one attached hydrogen (secondary N) is 1. The van der Waals surface area contributed by atoms with Crippen molar-refractivity contribution in [2.24, 2.45) is 0 Å². The highest BCUT2D eigenvalue weighted by atomic mass is 32.2. The van der Waals surface area contributed by atoms with Crippen molar-refractivity contribution in [3.05, 3.63) is 35.1 Å². The Morgan fingerprint density at radius 2 is 2.31 bits per heavy atom. The van der Waals surface area contributed by atoms with Gasteiger partial charge in [-0.2, -0.15) is 11.8 Å². The molecule has 1 aliphatic heterocycles. The van der Waals surface area contributed by atoms with Gasteiger partial charge in [-0.05, 0) is 24.0 Å². The van der Waals surface area contributed by atoms with Crippen molar-refractivity contribution in [1.82, 2.24) is 4.90 Å². The highest BCUT2D eigenvalue weighted by Crippen LogP contribution is 2.24. The molecule has 0 aliphatic carbocycles. The van der Waals surface area contributed by atoms with Crippen molar-refractivity contribution >= 4 is 17.6 Å². The third kappa shape index (κ3) is 2.07. The summed E-state index contributed by atoms with van der Waals surface area (Å²) in [6, 6.07) is 4.71. The minimum Gasteiger partial charge on any atom is -0.351 e. The lowest BCUT2D eigenvalue weighted by molar-refractivity contribution is 0.432. The number of rotatable bonds is 3. The molecular formula is C12H15FN2S. The van der Waals surface area contributed by atoms with Gasteiger partial charge in [0.25, 0.3) is 0 Å². The van der Waals surface area contributed by atoms with Crippen LogP contribution in [-0.4, -0.2) is 28.8 Å². The zero-order valence-electron chi connectivity index (χ0n) is 9.46. The number of fused-ring (bicyclic) bond motifs is 1. The van der Waals surface area contributed by atoms with E-state index in [4.69, 9.17) is 5.41 Å². The highest BCUT2D eigenvalue weighted by molar-refractivity contribution is 7.99. The van der Waals surface area contributed by atoms with E-state index in [0.717, 1.165) is 24.2 Å². The Balaban J connectivity index is 2.18. The van der Waals surface area contributed by atoms with Crippen LogP contribution in [0.3, 0.4) is 0 Å². The van der Waals surface area contributed by atoms with Gasteiger partial charge in [-0.25, -0.2) is 4.39 Å². The molecule has 2 nitrogen and oxygen atoms in total. The summed E-state index contributed by atoms with van der Waals surface area (Å²) in [5.41, 5.74) is 1.80. The van der Waals surface area contributed by atoms with Crippen LogP contribution in [0.25, 0.3) is 0 Å². The zero-order chi connectivity index (χ0) is 11.7. The van der Waals surface area contributed by atoms with E-state index >= 15 is 0 Å². The predicted octanol–water partition coefficient (Wildman–Crippen LogP) is 2.72. The number of benzene rings is 1. The van der Waals surface area contributed by atoms with E-state index in [0.29, 0.717) is 11.1 Å². The van der Waals surface area contributed by atoms with Gasteiger partial charge >= 0.3 is 0 Å². The Morgan fingerprint density at radius 3 is 3.00 bits per heavy atom. The van der Waals surface area contributed by atoms with Gasteiger partial charge < -0.3 is 4.90 Å². The maximum absolute atomic E-state index is 13.1. The Kier molecular flexibility index (Phi) is 3.19. The van der Waals surface area contributed by atoms with Crippen molar-refractivity contribution in [1.29, 1.82) is 5.41 Å². The van der Waals surface area contributed by atoms with Gasteiger partial charge in [0, 0.05) is 23.9 Å². The van der Waals surface area contributed by atoms with Gasteiger partial charge in [-0.3, -0.25) is 5.41 Å². The molecule has 1 atom stereocenters. The molecule has 0 aromatic heterocycles. The van der Waals surface area contributed by atoms with Gasteiger partial charge in [-0.15, -0.1) is 0 Å². The molecule has 1 aromatic rings. The molecule has 86 valence electrons. The Morgan fingerprint density at radius 1 is 1.56 bits per heavy atom. The zero-order valence-corrected chi connectivity index (χ0v) is 10.3. The van der Waals surface area contributed by atoms with Crippen molar-refractivity contribution in [2.75, 3.05) is 12.8 Å². The first kappa shape index (κ1) is 11.5. The van der Waals surface area contributed by atoms with Gasteiger partial charge in [0.2, 0.25) is 0 Å². The first-order chi connectivity index (χ1) is 7.61. The van der Waals surface area contributed by atoms with Crippen LogP contribution in [0.2, 0.25) is 0 Å². The molecule has 2 rings (SSSR count). The second kappa shape index (κ2) is 4.45. The maximum atomic E-state index is 13.1. The van der Waals surface area contributed by atoms with Crippen LogP contribution in [0.15, 0.2) is 18.2 Å². The van der Waals surface area contributed by atoms with E-state index in [9.17, 15) is 4.39 Å². The smallest absolute Gasteiger partial charge is 0.128 e. The van der Waals surface area contributed by atoms with Crippen molar-refractivity contribution in [3.63, 3.8) is 0 Å². The summed E-state index contributed by atoms with van der Waals surface area (Å²) >= 11 is 1.78. The normalized spacial score (nSPS) is 16.4. The molecule has 0 amide bonds. The second-order valence-electron chi connectivity index (χ2n) is 4.08. The number of hydrogen-bond donors (Lipinski definition) is 1. The molecule has 0 fully saturated rings. The lowest BCUT2D eigenvalue weighted by Crippen LogP contribution is -2.30. The summed E-state index contributed by atoms with van der Waals surface area (Å²) in [7, 11) is 0. The Hall–Kier alpha value is -1.03. The minimum atomic E-state index is -0.261. The standard InChI is InChI=1S/C12H15FN2S/c1-8(16-2)6-15-7-9-3-4-10(13)5-11(9)12(15)14/h3-5,8,14H,6-7H2,1-2H3. The van der Waals surface area contributed by atoms with Crippen molar-refractivity contribution in [2.45, 2.75) is 18.7 Å². The van der Waals surface area contributed by atoms with Gasteiger partial charge in [0.15, 0.2) is 0 Å². The molecule has 1 aliphatic rings. The Labute approximate surface area is 99.3 Å². The molecule has 1 N–H and O–H groups in total. The van der Waals surface area contributed by atoms with Gasteiger partial charge in [0.1, 0.15) is 11.7 Å². The average Bonchev–Trinajstić information content (AvgIpc) is 2.56. The molecule has 1 heterocycles. The van der Waals surface area contributed by atoms with Gasteiger partial charge in [0.05, 0.1) is 0 Å². The van der Waals surface area contributed by atoms with Crippen LogP contribution in [0.4, 0.5) is 4.39 Å². The van der Waals surface area contributed by atoms with E-state index in [1.165, 1.54) is 12.1 Å². The Bertz CT molecular complexity index is 419. The molecule has 1 unspecified atom stereocenters. The van der Waals surface area contributed by atoms with E-state index in [1.54, 1.807) is 17.8 Å². The van der Waals surface area contributed by atoms with Crippen LogP contribution in [0, 0.1) is 11.2 Å². The fraction of sp³-hybridized carbons (Fsp3) is 0.417. The number of nitrogens with zero attached hydrogens (tertiary/aromatic N) is 1. The fourth-order valence-corrected chi connectivity index (χ4v) is 2.23. The topological polar surface area (TPSA) is 27.1 Å². The van der Waals surface area contributed by atoms with Crippen LogP contribution < -0.4 is 0 Å². The first-order valence-electron chi connectivity index (χ1n) is 5.27. The number of halogens is 1. The fourth-order valence-electron chi connectivity index (χ4n) is 1.90. The van der Waals surface area contributed by atoms with Crippen LogP contribution in [-0.2, 0) is 6.54 Å². The molecular weight excluding hydrogens is 223 g/mol. The van der Waals surface area contributed by atoms with E-state index < -0.39 is 0 Å². The maximum Gasteiger partial charge on any atom is 0.128 e. The molecule has 0 spiro atoms. The summed E-state index contributed by atoms with van der Waals surface area (Å²) < 4.78 is 13.1. The van der Waals surface area contributed by atoms with Crippen molar-refractivity contribution in [3.8, 4) is 0 Å². The number of hydrogen-bond acceptors (Lipinski definition) is 2. The largest absolute Gasteiger partial charge is 0.351 e. The predicted molar refractivity (Wildman–Crippen MR) is 66.6 cm³/mol. The monoisotopic (exact) mass is 238 g/mol. The minimum absolute atomic E-state index is 0.261. The third-order valence-electron chi connectivity index (χ3n) is 2.88. The molecule has 16 heavy (non-hydrogen) atoms. The lowest BCUT2D eigenvalue weighted by Gasteiger charge is -2.21. The third-order valence-corrected chi connectivity index (χ3v) is 3.84. The van der Waals surface area contributed by atoms with Crippen LogP contribution >= 0.6 is 11.8 Å². The van der Waals surface area contributed by atoms with E-state index in [2.05, 4.69) is 13.2 Å². The summed E-state index contributed by atoms with van der Waals surface area (Å²) in [5, 5.41) is 8.49. The molecule has 0 saturated carbocycles. The van der Waals surface area contributed by atoms with E-state index in [1.807, 2.05) is 4.90 Å². The second-order valence-corrected chi connectivity index (χ2v) is 5.35. The molecule has 0 radical (unpaired) electrons. The average molecular weight is 238 g/mol. The number of amidine groups is 1. The molecule has 1 aromatic carbocycles. The summed E-state index contributed by atoms with van der Waals surface area (Å²) in [6.45, 7) is 3.72. The lowest BCUT2D eigenvalue weighted by atomic mass is 10.1. The number of thioether (sulfide) groups is 1. The summed E-state index contributed by atoms with van der Waals surface area (Å²) in [5.74, 6) is 0.193. The SMILES string of the molecule is CSC(C)CN1Cc2ccc(F)cc2C1=N. The molecule has 4 heteroatoms. The molecule has 0 saturated heterocycles. The van der Waals surface area contributed by atoms with E-state index in [-0.39, 0.29) is 5.82 Å². The quantitative estimate of drug-likeness (QED) is 0.876. The van der Waals surface area contributed by atoms with Crippen LogP contribution in [0.1, 0.15) is 18.1 Å². The van der Waals surface area contributed by atoms with Crippen molar-refractivity contribution < 1.29 is 4.39 Å². The highest BCUT2D eigenvalue weighted by Gasteiger charge is 2.25. The van der Waals surface area contributed by atoms with Crippen LogP contribution in [0.5, 0.6) is 0 Å². The summed E-state index contributed by atoms with van der Waals surface area (Å²) in [4.78, 5) is 2.01.